The number of ether oxygens (including phenoxy) is 2. The van der Waals surface area contributed by atoms with E-state index in [0.29, 0.717) is 12.2 Å². The van der Waals surface area contributed by atoms with Crippen molar-refractivity contribution in [2.45, 2.75) is 19.6 Å². The Kier molecular flexibility index (Phi) is 4.46. The maximum absolute atomic E-state index is 12.1. The average Bonchev–Trinajstić information content (AvgIpc) is 2.99. The second-order valence-corrected chi connectivity index (χ2v) is 5.44. The van der Waals surface area contributed by atoms with Crippen molar-refractivity contribution in [2.75, 3.05) is 13.7 Å². The lowest BCUT2D eigenvalue weighted by Crippen LogP contribution is -2.34. The van der Waals surface area contributed by atoms with Gasteiger partial charge in [-0.3, -0.25) is 4.99 Å². The monoisotopic (exact) mass is 312 g/mol. The van der Waals surface area contributed by atoms with Gasteiger partial charge in [0.2, 0.25) is 0 Å². The quantitative estimate of drug-likeness (QED) is 0.784. The van der Waals surface area contributed by atoms with Gasteiger partial charge in [0, 0.05) is 18.3 Å². The summed E-state index contributed by atoms with van der Waals surface area (Å²) in [5, 5.41) is 0. The number of dihydropyridines is 1. The molecule has 2 aliphatic rings. The van der Waals surface area contributed by atoms with Crippen molar-refractivity contribution in [3.05, 3.63) is 53.8 Å². The lowest BCUT2D eigenvalue weighted by Gasteiger charge is -2.29. The van der Waals surface area contributed by atoms with Gasteiger partial charge in [0.25, 0.3) is 0 Å². The molecule has 0 bridgehead atoms. The molecular formula is C18H20N2O3. The Labute approximate surface area is 135 Å². The number of nitrogens with zero attached hydrogens (tertiary/aromatic N) is 2. The van der Waals surface area contributed by atoms with E-state index >= 15 is 0 Å². The van der Waals surface area contributed by atoms with Gasteiger partial charge in [0.05, 0.1) is 19.6 Å². The fraction of sp³-hybridized carbons (Fsp3) is 0.333. The minimum Gasteiger partial charge on any atom is -0.497 e. The summed E-state index contributed by atoms with van der Waals surface area (Å²) in [6.07, 6.45) is 7.39. The zero-order valence-corrected chi connectivity index (χ0v) is 13.3. The van der Waals surface area contributed by atoms with Crippen LogP contribution in [0.2, 0.25) is 0 Å². The van der Waals surface area contributed by atoms with Gasteiger partial charge < -0.3 is 14.4 Å². The Morgan fingerprint density at radius 2 is 2.09 bits per heavy atom. The number of esters is 1. The number of carbonyl (C=O) groups is 1. The maximum atomic E-state index is 12.1. The second-order valence-electron chi connectivity index (χ2n) is 5.44. The van der Waals surface area contributed by atoms with Gasteiger partial charge in [-0.15, -0.1) is 0 Å². The van der Waals surface area contributed by atoms with Crippen molar-refractivity contribution >= 4 is 12.2 Å². The molecule has 2 aliphatic heterocycles. The zero-order chi connectivity index (χ0) is 16.2. The maximum Gasteiger partial charge on any atom is 0.334 e. The molecule has 0 radical (unpaired) electrons. The fourth-order valence-electron chi connectivity index (χ4n) is 2.87. The van der Waals surface area contributed by atoms with E-state index in [0.717, 1.165) is 12.3 Å². The summed E-state index contributed by atoms with van der Waals surface area (Å²) >= 11 is 0. The van der Waals surface area contributed by atoms with Crippen LogP contribution in [0.3, 0.4) is 0 Å². The molecule has 0 saturated heterocycles. The molecule has 0 aromatic heterocycles. The largest absolute Gasteiger partial charge is 0.497 e. The van der Waals surface area contributed by atoms with E-state index in [9.17, 15) is 4.79 Å². The third-order valence-electron chi connectivity index (χ3n) is 4.03. The van der Waals surface area contributed by atoms with E-state index < -0.39 is 0 Å². The lowest BCUT2D eigenvalue weighted by atomic mass is 9.95. The van der Waals surface area contributed by atoms with Gasteiger partial charge in [-0.05, 0) is 36.9 Å². The minimum absolute atomic E-state index is 0.0442. The smallest absolute Gasteiger partial charge is 0.334 e. The van der Waals surface area contributed by atoms with Crippen molar-refractivity contribution < 1.29 is 14.3 Å². The first-order valence-corrected chi connectivity index (χ1v) is 7.70. The molecule has 120 valence electrons. The fourth-order valence-corrected chi connectivity index (χ4v) is 2.87. The first-order valence-electron chi connectivity index (χ1n) is 7.70. The van der Waals surface area contributed by atoms with Crippen molar-refractivity contribution in [1.82, 2.24) is 4.90 Å². The van der Waals surface area contributed by atoms with Gasteiger partial charge in [-0.1, -0.05) is 18.2 Å². The normalized spacial score (nSPS) is 21.8. The van der Waals surface area contributed by atoms with Gasteiger partial charge in [-0.2, -0.15) is 0 Å². The van der Waals surface area contributed by atoms with Crippen molar-refractivity contribution in [2.24, 2.45) is 10.9 Å². The molecule has 0 fully saturated rings. The first kappa shape index (κ1) is 15.3. The van der Waals surface area contributed by atoms with Crippen LogP contribution in [0.15, 0.2) is 53.2 Å². The summed E-state index contributed by atoms with van der Waals surface area (Å²) in [7, 11) is 1.66. The van der Waals surface area contributed by atoms with Crippen LogP contribution in [0.25, 0.3) is 0 Å². The van der Waals surface area contributed by atoms with Crippen molar-refractivity contribution in [3.63, 3.8) is 0 Å². The van der Waals surface area contributed by atoms with E-state index in [-0.39, 0.29) is 18.1 Å². The molecule has 23 heavy (non-hydrogen) atoms. The molecule has 3 rings (SSSR count). The third kappa shape index (κ3) is 3.13. The molecule has 0 saturated carbocycles. The Morgan fingerprint density at radius 3 is 2.78 bits per heavy atom. The number of methoxy groups -OCH3 is 1. The molecule has 0 amide bonds. The van der Waals surface area contributed by atoms with E-state index in [1.807, 2.05) is 43.5 Å². The van der Waals surface area contributed by atoms with E-state index in [4.69, 9.17) is 9.47 Å². The van der Waals surface area contributed by atoms with Crippen molar-refractivity contribution in [3.8, 4) is 5.75 Å². The SMILES string of the molecule is CCOC(=O)C1=CC=NC2C1C=CN2Cc1ccc(OC)cc1. The molecule has 0 N–H and O–H groups in total. The number of hydrogen-bond donors (Lipinski definition) is 0. The van der Waals surface area contributed by atoms with Gasteiger partial charge in [0.1, 0.15) is 11.9 Å². The summed E-state index contributed by atoms with van der Waals surface area (Å²) in [5.41, 5.74) is 1.83. The van der Waals surface area contributed by atoms with Crippen LogP contribution in [0.1, 0.15) is 12.5 Å². The minimum atomic E-state index is -0.260. The Balaban J connectivity index is 1.71. The Hall–Kier alpha value is -2.56. The third-order valence-corrected chi connectivity index (χ3v) is 4.03. The van der Waals surface area contributed by atoms with Crippen LogP contribution in [0.4, 0.5) is 0 Å². The molecule has 1 aromatic rings. The lowest BCUT2D eigenvalue weighted by molar-refractivity contribution is -0.139. The highest BCUT2D eigenvalue weighted by Crippen LogP contribution is 2.32. The number of hydrogen-bond acceptors (Lipinski definition) is 5. The summed E-state index contributed by atoms with van der Waals surface area (Å²) in [4.78, 5) is 18.7. The molecule has 5 heteroatoms. The molecule has 5 nitrogen and oxygen atoms in total. The highest BCUT2D eigenvalue weighted by molar-refractivity contribution is 5.95. The standard InChI is InChI=1S/C18H20N2O3/c1-3-23-18(21)16-8-10-19-17-15(16)9-11-20(17)12-13-4-6-14(22-2)7-5-13/h4-11,15,17H,3,12H2,1-2H3. The number of rotatable bonds is 5. The van der Waals surface area contributed by atoms with Crippen LogP contribution in [-0.2, 0) is 16.1 Å². The highest BCUT2D eigenvalue weighted by Gasteiger charge is 2.36. The van der Waals surface area contributed by atoms with E-state index in [2.05, 4.69) is 9.89 Å². The Morgan fingerprint density at radius 1 is 1.30 bits per heavy atom. The van der Waals surface area contributed by atoms with Gasteiger partial charge >= 0.3 is 5.97 Å². The molecular weight excluding hydrogens is 292 g/mol. The molecule has 2 atom stereocenters. The van der Waals surface area contributed by atoms with E-state index in [1.54, 1.807) is 19.4 Å². The van der Waals surface area contributed by atoms with Gasteiger partial charge in [0.15, 0.2) is 0 Å². The highest BCUT2D eigenvalue weighted by atomic mass is 16.5. The molecule has 1 aromatic carbocycles. The molecule has 0 spiro atoms. The summed E-state index contributed by atoms with van der Waals surface area (Å²) in [6.45, 7) is 2.92. The molecule has 2 heterocycles. The number of benzene rings is 1. The first-order chi connectivity index (χ1) is 11.2. The summed E-state index contributed by atoms with van der Waals surface area (Å²) in [5.74, 6) is 0.536. The number of aliphatic imine (C=N–C) groups is 1. The van der Waals surface area contributed by atoms with E-state index in [1.165, 1.54) is 5.56 Å². The average molecular weight is 312 g/mol. The van der Waals surface area contributed by atoms with Crippen LogP contribution in [0, 0.1) is 5.92 Å². The van der Waals surface area contributed by atoms with Crippen LogP contribution in [0.5, 0.6) is 5.75 Å². The number of allylic oxidation sites excluding steroid dienone is 1. The summed E-state index contributed by atoms with van der Waals surface area (Å²) < 4.78 is 10.3. The number of carbonyl (C=O) groups excluding carboxylic acids is 1. The van der Waals surface area contributed by atoms with Crippen LogP contribution in [-0.4, -0.2) is 37.0 Å². The zero-order valence-electron chi connectivity index (χ0n) is 13.3. The molecule has 0 aliphatic carbocycles. The van der Waals surface area contributed by atoms with Crippen LogP contribution >= 0.6 is 0 Å². The summed E-state index contributed by atoms with van der Waals surface area (Å²) in [6, 6.07) is 7.96. The Bertz CT molecular complexity index is 661. The van der Waals surface area contributed by atoms with Crippen molar-refractivity contribution in [1.29, 1.82) is 0 Å². The topological polar surface area (TPSA) is 51.1 Å². The number of fused-ring (bicyclic) bond motifs is 1. The predicted octanol–water partition coefficient (Wildman–Crippen LogP) is 2.54. The van der Waals surface area contributed by atoms with Crippen LogP contribution < -0.4 is 4.74 Å². The predicted molar refractivity (Wildman–Crippen MR) is 88.2 cm³/mol. The molecule has 2 unspecified atom stereocenters. The second kappa shape index (κ2) is 6.69. The van der Waals surface area contributed by atoms with Gasteiger partial charge in [-0.25, -0.2) is 4.79 Å².